The molecule has 0 aliphatic carbocycles. The molecule has 0 saturated carbocycles. The molecule has 0 amide bonds. The highest BCUT2D eigenvalue weighted by atomic mass is 16.5. The Kier molecular flexibility index (Phi) is 9.37. The first-order chi connectivity index (χ1) is 9.13. The number of carbonyl (C=O) groups excluding carboxylic acids is 1. The maximum absolute atomic E-state index is 11.7. The predicted octanol–water partition coefficient (Wildman–Crippen LogP) is 5.40. The fourth-order valence-electron chi connectivity index (χ4n) is 2.03. The Morgan fingerprint density at radius 3 is 1.90 bits per heavy atom. The number of hydrogen-bond donors (Lipinski definition) is 0. The van der Waals surface area contributed by atoms with Gasteiger partial charge >= 0.3 is 0 Å². The molecule has 0 unspecified atom stereocenters. The van der Waals surface area contributed by atoms with Crippen LogP contribution in [0.3, 0.4) is 0 Å². The van der Waals surface area contributed by atoms with E-state index in [0.29, 0.717) is 24.2 Å². The van der Waals surface area contributed by atoms with Crippen molar-refractivity contribution in [1.82, 2.24) is 0 Å². The van der Waals surface area contributed by atoms with Crippen LogP contribution >= 0.6 is 0 Å². The molecule has 0 N–H and O–H groups in total. The van der Waals surface area contributed by atoms with Gasteiger partial charge in [0.25, 0.3) is 0 Å². The molecule has 0 atom stereocenters. The number of Topliss-reactive ketones (excluding diaryl/α,β-unsaturated/α-hetero) is 1. The van der Waals surface area contributed by atoms with Gasteiger partial charge in [0.1, 0.15) is 5.78 Å². The first-order valence-electron chi connectivity index (χ1n) is 8.24. The summed E-state index contributed by atoms with van der Waals surface area (Å²) in [4.78, 5) is 11.7. The van der Waals surface area contributed by atoms with Crippen LogP contribution in [0.2, 0.25) is 0 Å². The molecule has 0 aromatic rings. The minimum absolute atomic E-state index is 0.226. The molecule has 2 nitrogen and oxygen atoms in total. The van der Waals surface area contributed by atoms with Crippen LogP contribution in [0.1, 0.15) is 86.5 Å². The zero-order chi connectivity index (χ0) is 15.6. The summed E-state index contributed by atoms with van der Waals surface area (Å²) in [6, 6.07) is 0. The van der Waals surface area contributed by atoms with Gasteiger partial charge in [-0.3, -0.25) is 4.79 Å². The Hall–Kier alpha value is -0.370. The molecule has 0 rings (SSSR count). The Labute approximate surface area is 126 Å². The van der Waals surface area contributed by atoms with E-state index in [1.807, 2.05) is 20.8 Å². The van der Waals surface area contributed by atoms with Gasteiger partial charge in [-0.2, -0.15) is 0 Å². The smallest absolute Gasteiger partial charge is 0.140 e. The molecular formula is C18H36O2. The summed E-state index contributed by atoms with van der Waals surface area (Å²) in [6.07, 6.45) is 8.22. The van der Waals surface area contributed by atoms with Crippen molar-refractivity contribution >= 4 is 5.78 Å². The van der Waals surface area contributed by atoms with Crippen LogP contribution in [0, 0.1) is 10.8 Å². The normalized spacial score (nSPS) is 12.7. The molecule has 0 heterocycles. The molecule has 0 fully saturated rings. The summed E-state index contributed by atoms with van der Waals surface area (Å²) in [6.45, 7) is 14.2. The second kappa shape index (κ2) is 9.55. The lowest BCUT2D eigenvalue weighted by Gasteiger charge is -2.17. The van der Waals surface area contributed by atoms with E-state index in [-0.39, 0.29) is 5.41 Å². The van der Waals surface area contributed by atoms with Gasteiger partial charge < -0.3 is 4.74 Å². The van der Waals surface area contributed by atoms with E-state index in [1.165, 1.54) is 32.1 Å². The summed E-state index contributed by atoms with van der Waals surface area (Å²) in [5.74, 6) is 0.291. The van der Waals surface area contributed by atoms with E-state index in [9.17, 15) is 4.79 Å². The molecule has 0 aliphatic heterocycles. The highest BCUT2D eigenvalue weighted by Crippen LogP contribution is 2.22. The maximum atomic E-state index is 11.7. The number of hydrogen-bond acceptors (Lipinski definition) is 2. The Balaban J connectivity index is 3.28. The lowest BCUT2D eigenvalue weighted by Crippen LogP contribution is -2.21. The van der Waals surface area contributed by atoms with Crippen LogP contribution in [0.4, 0.5) is 0 Å². The van der Waals surface area contributed by atoms with Crippen LogP contribution in [-0.2, 0) is 9.53 Å². The van der Waals surface area contributed by atoms with E-state index in [4.69, 9.17) is 4.74 Å². The quantitative estimate of drug-likeness (QED) is 0.502. The van der Waals surface area contributed by atoms with Crippen molar-refractivity contribution < 1.29 is 9.53 Å². The minimum Gasteiger partial charge on any atom is -0.381 e. The van der Waals surface area contributed by atoms with E-state index >= 15 is 0 Å². The topological polar surface area (TPSA) is 26.3 Å². The molecule has 0 aliphatic rings. The molecule has 120 valence electrons. The third kappa shape index (κ3) is 12.7. The lowest BCUT2D eigenvalue weighted by atomic mass is 9.89. The number of rotatable bonds is 10. The predicted molar refractivity (Wildman–Crippen MR) is 87.1 cm³/mol. The van der Waals surface area contributed by atoms with Crippen molar-refractivity contribution in [3.8, 4) is 0 Å². The zero-order valence-corrected chi connectivity index (χ0v) is 14.7. The monoisotopic (exact) mass is 284 g/mol. The molecule has 0 aromatic carbocycles. The fourth-order valence-corrected chi connectivity index (χ4v) is 2.03. The third-order valence-corrected chi connectivity index (χ3v) is 3.53. The first-order valence-corrected chi connectivity index (χ1v) is 8.24. The van der Waals surface area contributed by atoms with Crippen LogP contribution in [0.25, 0.3) is 0 Å². The lowest BCUT2D eigenvalue weighted by molar-refractivity contribution is -0.127. The second-order valence-electron chi connectivity index (χ2n) is 8.11. The summed E-state index contributed by atoms with van der Waals surface area (Å²) in [5, 5.41) is 0. The molecule has 0 saturated heterocycles. The van der Waals surface area contributed by atoms with Crippen molar-refractivity contribution in [1.29, 1.82) is 0 Å². The molecule has 0 aromatic heterocycles. The minimum atomic E-state index is -0.226. The second-order valence-corrected chi connectivity index (χ2v) is 8.11. The molecular weight excluding hydrogens is 248 g/mol. The number of ketones is 1. The highest BCUT2D eigenvalue weighted by Gasteiger charge is 2.20. The van der Waals surface area contributed by atoms with Crippen LogP contribution in [-0.4, -0.2) is 19.0 Å². The Bertz CT molecular complexity index is 256. The van der Waals surface area contributed by atoms with Crippen LogP contribution in [0.15, 0.2) is 0 Å². The van der Waals surface area contributed by atoms with Gasteiger partial charge in [0.15, 0.2) is 0 Å². The summed E-state index contributed by atoms with van der Waals surface area (Å²) in [7, 11) is 0. The van der Waals surface area contributed by atoms with Gasteiger partial charge in [-0.05, 0) is 18.3 Å². The average Bonchev–Trinajstić information content (AvgIpc) is 2.28. The van der Waals surface area contributed by atoms with Crippen molar-refractivity contribution in [2.45, 2.75) is 86.5 Å². The number of unbranched alkanes of at least 4 members (excludes halogenated alkanes) is 4. The van der Waals surface area contributed by atoms with Gasteiger partial charge in [0.05, 0.1) is 6.61 Å². The molecule has 20 heavy (non-hydrogen) atoms. The van der Waals surface area contributed by atoms with Gasteiger partial charge in [0, 0.05) is 18.4 Å². The van der Waals surface area contributed by atoms with Crippen molar-refractivity contribution in [3.05, 3.63) is 0 Å². The van der Waals surface area contributed by atoms with Gasteiger partial charge in [-0.15, -0.1) is 0 Å². The average molecular weight is 284 g/mol. The van der Waals surface area contributed by atoms with Crippen molar-refractivity contribution in [2.24, 2.45) is 10.8 Å². The Morgan fingerprint density at radius 1 is 0.800 bits per heavy atom. The third-order valence-electron chi connectivity index (χ3n) is 3.53. The van der Waals surface area contributed by atoms with Gasteiger partial charge in [-0.1, -0.05) is 67.2 Å². The van der Waals surface area contributed by atoms with Crippen LogP contribution < -0.4 is 0 Å². The summed E-state index contributed by atoms with van der Waals surface area (Å²) >= 11 is 0. The molecule has 2 heteroatoms. The number of carbonyl (C=O) groups is 1. The summed E-state index contributed by atoms with van der Waals surface area (Å²) in [5.41, 5.74) is 0.249. The summed E-state index contributed by atoms with van der Waals surface area (Å²) < 4.78 is 5.54. The number of ether oxygens (including phenoxy) is 1. The van der Waals surface area contributed by atoms with Gasteiger partial charge in [-0.25, -0.2) is 0 Å². The maximum Gasteiger partial charge on any atom is 0.140 e. The van der Waals surface area contributed by atoms with Crippen molar-refractivity contribution in [2.75, 3.05) is 13.2 Å². The fraction of sp³-hybridized carbons (Fsp3) is 0.944. The molecule has 0 radical (unpaired) electrons. The highest BCUT2D eigenvalue weighted by molar-refractivity contribution is 5.83. The first kappa shape index (κ1) is 19.6. The van der Waals surface area contributed by atoms with E-state index < -0.39 is 0 Å². The van der Waals surface area contributed by atoms with E-state index in [1.54, 1.807) is 0 Å². The zero-order valence-electron chi connectivity index (χ0n) is 14.7. The molecule has 0 bridgehead atoms. The van der Waals surface area contributed by atoms with E-state index in [0.717, 1.165) is 13.0 Å². The molecule has 0 spiro atoms. The Morgan fingerprint density at radius 2 is 1.35 bits per heavy atom. The largest absolute Gasteiger partial charge is 0.381 e. The van der Waals surface area contributed by atoms with Crippen LogP contribution in [0.5, 0.6) is 0 Å². The SMILES string of the molecule is CC(C)(C)CCCCCCCOCCC(=O)C(C)(C)C. The standard InChI is InChI=1S/C18H36O2/c1-17(2,3)13-10-8-7-9-11-14-20-15-12-16(19)18(4,5)6/h7-15H2,1-6H3. The van der Waals surface area contributed by atoms with E-state index in [2.05, 4.69) is 20.8 Å². The van der Waals surface area contributed by atoms with Crippen molar-refractivity contribution in [3.63, 3.8) is 0 Å². The van der Waals surface area contributed by atoms with Gasteiger partial charge in [0.2, 0.25) is 0 Å².